The minimum absolute atomic E-state index is 0. The van der Waals surface area contributed by atoms with Crippen LogP contribution in [0.1, 0.15) is 26.2 Å². The number of nitrogens with zero attached hydrogens (tertiary/aromatic N) is 3. The van der Waals surface area contributed by atoms with Gasteiger partial charge in [0.1, 0.15) is 0 Å². The molecule has 0 radical (unpaired) electrons. The average Bonchev–Trinajstić information content (AvgIpc) is 2.13. The molecular formula is C12H26IN3O. The van der Waals surface area contributed by atoms with E-state index < -0.39 is 0 Å². The minimum atomic E-state index is 0. The van der Waals surface area contributed by atoms with Crippen molar-refractivity contribution < 1.29 is 4.74 Å². The van der Waals surface area contributed by atoms with Gasteiger partial charge < -0.3 is 14.5 Å². The third-order valence-corrected chi connectivity index (χ3v) is 3.01. The third kappa shape index (κ3) is 5.42. The summed E-state index contributed by atoms with van der Waals surface area (Å²) >= 11 is 0. The Kier molecular flexibility index (Phi) is 7.39. The average molecular weight is 355 g/mol. The molecule has 0 unspecified atom stereocenters. The van der Waals surface area contributed by atoms with Crippen LogP contribution in [0.5, 0.6) is 0 Å². The van der Waals surface area contributed by atoms with Gasteiger partial charge in [0.25, 0.3) is 0 Å². The van der Waals surface area contributed by atoms with Crippen molar-refractivity contribution in [3.63, 3.8) is 0 Å². The van der Waals surface area contributed by atoms with Crippen LogP contribution in [0.25, 0.3) is 0 Å². The molecule has 4 nitrogen and oxygen atoms in total. The van der Waals surface area contributed by atoms with Crippen molar-refractivity contribution in [2.75, 3.05) is 41.3 Å². The van der Waals surface area contributed by atoms with E-state index in [0.29, 0.717) is 0 Å². The first-order valence-corrected chi connectivity index (χ1v) is 5.98. The molecule has 0 aliphatic heterocycles. The Morgan fingerprint density at radius 3 is 2.06 bits per heavy atom. The monoisotopic (exact) mass is 355 g/mol. The van der Waals surface area contributed by atoms with Crippen LogP contribution in [0, 0.1) is 0 Å². The molecule has 0 spiro atoms. The SMILES string of the molecule is CN(C)C(=NCCOC1(C)CCC1)N(C)C.I. The highest BCUT2D eigenvalue weighted by Crippen LogP contribution is 2.34. The molecule has 0 amide bonds. The Morgan fingerprint density at radius 2 is 1.71 bits per heavy atom. The van der Waals surface area contributed by atoms with E-state index in [1.807, 2.05) is 38.0 Å². The fraction of sp³-hybridized carbons (Fsp3) is 0.917. The van der Waals surface area contributed by atoms with E-state index in [2.05, 4.69) is 11.9 Å². The highest BCUT2D eigenvalue weighted by Gasteiger charge is 2.32. The molecular weight excluding hydrogens is 329 g/mol. The Labute approximate surface area is 122 Å². The standard InChI is InChI=1S/C12H25N3O.HI/c1-12(7-6-8-12)16-10-9-13-11(14(2)3)15(4)5;/h6-10H2,1-5H3;1H. The first kappa shape index (κ1) is 17.0. The van der Waals surface area contributed by atoms with Gasteiger partial charge in [0.15, 0.2) is 5.96 Å². The zero-order valence-corrected chi connectivity index (χ0v) is 14.0. The maximum Gasteiger partial charge on any atom is 0.195 e. The molecule has 17 heavy (non-hydrogen) atoms. The number of ether oxygens (including phenoxy) is 1. The van der Waals surface area contributed by atoms with E-state index >= 15 is 0 Å². The van der Waals surface area contributed by atoms with Gasteiger partial charge in [0.2, 0.25) is 0 Å². The molecule has 102 valence electrons. The Morgan fingerprint density at radius 1 is 1.18 bits per heavy atom. The molecule has 1 aliphatic carbocycles. The van der Waals surface area contributed by atoms with Crippen LogP contribution in [0.4, 0.5) is 0 Å². The summed E-state index contributed by atoms with van der Waals surface area (Å²) in [6, 6.07) is 0. The zero-order valence-electron chi connectivity index (χ0n) is 11.7. The quantitative estimate of drug-likeness (QED) is 0.334. The molecule has 5 heteroatoms. The maximum absolute atomic E-state index is 5.83. The van der Waals surface area contributed by atoms with Gasteiger partial charge in [-0.05, 0) is 26.2 Å². The van der Waals surface area contributed by atoms with Crippen LogP contribution in [0.2, 0.25) is 0 Å². The number of guanidine groups is 1. The summed E-state index contributed by atoms with van der Waals surface area (Å²) in [6.45, 7) is 3.65. The minimum Gasteiger partial charge on any atom is -0.373 e. The Balaban J connectivity index is 0.00000256. The van der Waals surface area contributed by atoms with Crippen molar-refractivity contribution in [3.8, 4) is 0 Å². The van der Waals surface area contributed by atoms with Gasteiger partial charge in [-0.1, -0.05) is 0 Å². The van der Waals surface area contributed by atoms with Gasteiger partial charge in [0.05, 0.1) is 18.8 Å². The molecule has 0 atom stereocenters. The van der Waals surface area contributed by atoms with E-state index in [-0.39, 0.29) is 29.6 Å². The van der Waals surface area contributed by atoms with Gasteiger partial charge in [0, 0.05) is 28.2 Å². The molecule has 0 bridgehead atoms. The van der Waals surface area contributed by atoms with Crippen LogP contribution in [-0.4, -0.2) is 62.7 Å². The molecule has 1 fully saturated rings. The number of hydrogen-bond donors (Lipinski definition) is 0. The second-order valence-electron chi connectivity index (χ2n) is 5.12. The fourth-order valence-electron chi connectivity index (χ4n) is 1.94. The molecule has 0 heterocycles. The van der Waals surface area contributed by atoms with Crippen LogP contribution in [-0.2, 0) is 4.74 Å². The van der Waals surface area contributed by atoms with Gasteiger partial charge in [-0.15, -0.1) is 24.0 Å². The summed E-state index contributed by atoms with van der Waals surface area (Å²) in [5.74, 6) is 0.988. The molecule has 0 aromatic rings. The summed E-state index contributed by atoms with van der Waals surface area (Å²) in [4.78, 5) is 8.57. The van der Waals surface area contributed by atoms with Crippen molar-refractivity contribution >= 4 is 29.9 Å². The first-order chi connectivity index (χ1) is 7.44. The Bertz CT molecular complexity index is 240. The Hall–Kier alpha value is -0.0400. The largest absolute Gasteiger partial charge is 0.373 e. The summed E-state index contributed by atoms with van der Waals surface area (Å²) in [5, 5.41) is 0. The van der Waals surface area contributed by atoms with Gasteiger partial charge in [-0.3, -0.25) is 4.99 Å². The van der Waals surface area contributed by atoms with Crippen LogP contribution in [0.3, 0.4) is 0 Å². The summed E-state index contributed by atoms with van der Waals surface area (Å²) in [7, 11) is 8.03. The maximum atomic E-state index is 5.83. The van der Waals surface area contributed by atoms with Gasteiger partial charge in [-0.25, -0.2) is 0 Å². The highest BCUT2D eigenvalue weighted by molar-refractivity contribution is 14.0. The normalized spacial score (nSPS) is 16.5. The smallest absolute Gasteiger partial charge is 0.195 e. The van der Waals surface area contributed by atoms with E-state index in [4.69, 9.17) is 4.74 Å². The van der Waals surface area contributed by atoms with E-state index in [1.54, 1.807) is 0 Å². The summed E-state index contributed by atoms with van der Waals surface area (Å²) < 4.78 is 5.83. The molecule has 1 saturated carbocycles. The van der Waals surface area contributed by atoms with Crippen molar-refractivity contribution in [2.24, 2.45) is 4.99 Å². The number of rotatable bonds is 4. The number of halogens is 1. The molecule has 0 aromatic heterocycles. The lowest BCUT2D eigenvalue weighted by molar-refractivity contribution is -0.0818. The summed E-state index contributed by atoms with van der Waals surface area (Å²) in [5.41, 5.74) is 0.145. The van der Waals surface area contributed by atoms with Crippen molar-refractivity contribution in [1.82, 2.24) is 9.80 Å². The first-order valence-electron chi connectivity index (χ1n) is 5.98. The predicted molar refractivity (Wildman–Crippen MR) is 83.3 cm³/mol. The number of aliphatic imine (C=N–C) groups is 1. The highest BCUT2D eigenvalue weighted by atomic mass is 127. The van der Waals surface area contributed by atoms with Gasteiger partial charge in [-0.2, -0.15) is 0 Å². The van der Waals surface area contributed by atoms with Crippen LogP contribution in [0.15, 0.2) is 4.99 Å². The molecule has 0 saturated heterocycles. The molecule has 0 aromatic carbocycles. The molecule has 1 rings (SSSR count). The lowest BCUT2D eigenvalue weighted by Gasteiger charge is -2.38. The van der Waals surface area contributed by atoms with E-state index in [9.17, 15) is 0 Å². The fourth-order valence-corrected chi connectivity index (χ4v) is 1.94. The summed E-state index contributed by atoms with van der Waals surface area (Å²) in [6.07, 6.45) is 3.70. The van der Waals surface area contributed by atoms with Gasteiger partial charge >= 0.3 is 0 Å². The second kappa shape index (κ2) is 7.41. The van der Waals surface area contributed by atoms with Crippen LogP contribution >= 0.6 is 24.0 Å². The topological polar surface area (TPSA) is 28.1 Å². The van der Waals surface area contributed by atoms with Crippen molar-refractivity contribution in [2.45, 2.75) is 31.8 Å². The lowest BCUT2D eigenvalue weighted by Crippen LogP contribution is -2.38. The lowest BCUT2D eigenvalue weighted by atomic mass is 9.82. The third-order valence-electron chi connectivity index (χ3n) is 3.01. The predicted octanol–water partition coefficient (Wildman–Crippen LogP) is 2.04. The zero-order chi connectivity index (χ0) is 12.2. The van der Waals surface area contributed by atoms with Crippen molar-refractivity contribution in [1.29, 1.82) is 0 Å². The van der Waals surface area contributed by atoms with E-state index in [0.717, 1.165) is 19.1 Å². The molecule has 0 N–H and O–H groups in total. The second-order valence-corrected chi connectivity index (χ2v) is 5.12. The van der Waals surface area contributed by atoms with E-state index in [1.165, 1.54) is 19.3 Å². The van der Waals surface area contributed by atoms with Crippen molar-refractivity contribution in [3.05, 3.63) is 0 Å². The molecule has 1 aliphatic rings. The number of hydrogen-bond acceptors (Lipinski definition) is 2. The van der Waals surface area contributed by atoms with Crippen LogP contribution < -0.4 is 0 Å².